The lowest BCUT2D eigenvalue weighted by molar-refractivity contribution is -0.385. The molecule has 130 valence electrons. The molecule has 0 saturated carbocycles. The average Bonchev–Trinajstić information content (AvgIpc) is 2.59. The fraction of sp³-hybridized carbons (Fsp3) is 0.235. The van der Waals surface area contributed by atoms with E-state index < -0.39 is 10.8 Å². The van der Waals surface area contributed by atoms with Crippen LogP contribution in [0.3, 0.4) is 0 Å². The fourth-order valence-electron chi connectivity index (χ4n) is 2.68. The summed E-state index contributed by atoms with van der Waals surface area (Å²) in [6.07, 6.45) is 0.473. The lowest BCUT2D eigenvalue weighted by Gasteiger charge is -2.25. The second-order valence-electron chi connectivity index (χ2n) is 5.73. The van der Waals surface area contributed by atoms with Crippen molar-refractivity contribution < 1.29 is 19.6 Å². The van der Waals surface area contributed by atoms with E-state index in [-0.39, 0.29) is 36.1 Å². The van der Waals surface area contributed by atoms with Crippen molar-refractivity contribution in [1.29, 1.82) is 0 Å². The molecule has 0 unspecified atom stereocenters. The van der Waals surface area contributed by atoms with Crippen LogP contribution in [0.15, 0.2) is 36.4 Å². The monoisotopic (exact) mass is 361 g/mol. The van der Waals surface area contributed by atoms with E-state index in [4.69, 9.17) is 16.3 Å². The lowest BCUT2D eigenvalue weighted by atomic mass is 9.96. The number of fused-ring (bicyclic) bond motifs is 1. The lowest BCUT2D eigenvalue weighted by Crippen LogP contribution is -2.37. The number of nitro groups is 1. The molecule has 1 heterocycles. The van der Waals surface area contributed by atoms with Crippen molar-refractivity contribution in [3.63, 3.8) is 0 Å². The maximum absolute atomic E-state index is 12.3. The van der Waals surface area contributed by atoms with Crippen LogP contribution in [0.4, 0.5) is 5.69 Å². The van der Waals surface area contributed by atoms with Crippen molar-refractivity contribution >= 4 is 23.2 Å². The molecule has 0 aliphatic carbocycles. The molecule has 0 fully saturated rings. The van der Waals surface area contributed by atoms with Crippen molar-refractivity contribution in [2.45, 2.75) is 13.0 Å². The molecule has 7 nitrogen and oxygen atoms in total. The van der Waals surface area contributed by atoms with Crippen molar-refractivity contribution in [3.8, 4) is 11.5 Å². The Morgan fingerprint density at radius 1 is 1.32 bits per heavy atom. The number of non-ortho nitro benzene ring substituents is 1. The van der Waals surface area contributed by atoms with Gasteiger partial charge in [0.25, 0.3) is 5.69 Å². The number of carbonyl (C=O) groups is 1. The van der Waals surface area contributed by atoms with E-state index in [1.54, 1.807) is 18.2 Å². The molecule has 2 aromatic rings. The Hall–Kier alpha value is -2.80. The number of carbonyl (C=O) groups excluding carboxylic acids is 1. The van der Waals surface area contributed by atoms with Gasteiger partial charge in [-0.1, -0.05) is 17.7 Å². The van der Waals surface area contributed by atoms with Crippen molar-refractivity contribution in [1.82, 2.24) is 5.32 Å². The third-order valence-electron chi connectivity index (χ3n) is 4.01. The first kappa shape index (κ1) is 17.0. The number of amides is 1. The molecule has 0 saturated heterocycles. The Kier molecular flexibility index (Phi) is 4.76. The Morgan fingerprint density at radius 3 is 2.88 bits per heavy atom. The number of halogens is 1. The molecule has 25 heavy (non-hydrogen) atoms. The fourth-order valence-corrected chi connectivity index (χ4v) is 2.87. The highest BCUT2D eigenvalue weighted by Crippen LogP contribution is 2.30. The van der Waals surface area contributed by atoms with Crippen LogP contribution < -0.4 is 15.2 Å². The van der Waals surface area contributed by atoms with Crippen molar-refractivity contribution in [2.75, 3.05) is 6.61 Å². The van der Waals surface area contributed by atoms with E-state index in [2.05, 4.69) is 5.32 Å². The third kappa shape index (κ3) is 3.83. The molecular formula is C17H14ClN2O5-. The van der Waals surface area contributed by atoms with E-state index >= 15 is 0 Å². The zero-order valence-electron chi connectivity index (χ0n) is 13.0. The van der Waals surface area contributed by atoms with Gasteiger partial charge in [-0.25, -0.2) is 0 Å². The largest absolute Gasteiger partial charge is 0.872 e. The molecule has 1 aliphatic heterocycles. The molecule has 3 rings (SSSR count). The van der Waals surface area contributed by atoms with Gasteiger partial charge in [-0.05, 0) is 35.7 Å². The van der Waals surface area contributed by atoms with Crippen LogP contribution in [-0.4, -0.2) is 17.4 Å². The minimum Gasteiger partial charge on any atom is -0.872 e. The first-order valence-corrected chi connectivity index (χ1v) is 7.95. The average molecular weight is 362 g/mol. The first-order chi connectivity index (χ1) is 11.9. The summed E-state index contributed by atoms with van der Waals surface area (Å²) in [4.78, 5) is 22.5. The van der Waals surface area contributed by atoms with Crippen LogP contribution in [0.25, 0.3) is 0 Å². The number of nitrogens with one attached hydrogen (secondary N) is 1. The van der Waals surface area contributed by atoms with Gasteiger partial charge in [-0.2, -0.15) is 0 Å². The van der Waals surface area contributed by atoms with Gasteiger partial charge in [0.15, 0.2) is 0 Å². The van der Waals surface area contributed by atoms with Gasteiger partial charge in [0.05, 0.1) is 10.8 Å². The quantitative estimate of drug-likeness (QED) is 0.664. The van der Waals surface area contributed by atoms with E-state index in [1.807, 2.05) is 0 Å². The highest BCUT2D eigenvalue weighted by atomic mass is 35.5. The van der Waals surface area contributed by atoms with E-state index in [1.165, 1.54) is 6.07 Å². The van der Waals surface area contributed by atoms with Gasteiger partial charge in [0, 0.05) is 23.7 Å². The molecule has 1 amide bonds. The van der Waals surface area contributed by atoms with Crippen molar-refractivity contribution in [2.24, 2.45) is 5.92 Å². The Balaban J connectivity index is 1.66. The van der Waals surface area contributed by atoms with Gasteiger partial charge in [-0.15, -0.1) is 5.75 Å². The van der Waals surface area contributed by atoms with Gasteiger partial charge >= 0.3 is 0 Å². The summed E-state index contributed by atoms with van der Waals surface area (Å²) in [6.45, 7) is 0.151. The molecule has 2 aromatic carbocycles. The van der Waals surface area contributed by atoms with E-state index in [9.17, 15) is 20.0 Å². The Labute approximate surface area is 148 Å². The van der Waals surface area contributed by atoms with Crippen LogP contribution in [0.5, 0.6) is 11.5 Å². The highest BCUT2D eigenvalue weighted by molar-refractivity contribution is 6.30. The molecule has 0 spiro atoms. The number of benzene rings is 2. The van der Waals surface area contributed by atoms with Gasteiger partial charge < -0.3 is 15.2 Å². The molecule has 0 aromatic heterocycles. The predicted octanol–water partition coefficient (Wildman–Crippen LogP) is 2.19. The summed E-state index contributed by atoms with van der Waals surface area (Å²) >= 11 is 5.96. The Bertz CT molecular complexity index is 840. The number of rotatable bonds is 4. The molecule has 1 atom stereocenters. The van der Waals surface area contributed by atoms with Gasteiger partial charge in [0.2, 0.25) is 5.91 Å². The zero-order valence-corrected chi connectivity index (χ0v) is 13.8. The Morgan fingerprint density at radius 2 is 2.12 bits per heavy atom. The normalized spacial score (nSPS) is 15.8. The number of hydrogen-bond acceptors (Lipinski definition) is 5. The summed E-state index contributed by atoms with van der Waals surface area (Å²) in [5.74, 6) is -0.354. The number of hydrogen-bond donors (Lipinski definition) is 1. The second-order valence-corrected chi connectivity index (χ2v) is 6.17. The van der Waals surface area contributed by atoms with E-state index in [0.717, 1.165) is 17.7 Å². The maximum Gasteiger partial charge on any atom is 0.269 e. The molecule has 8 heteroatoms. The van der Waals surface area contributed by atoms with Gasteiger partial charge in [0.1, 0.15) is 12.4 Å². The third-order valence-corrected chi connectivity index (χ3v) is 4.24. The van der Waals surface area contributed by atoms with E-state index in [0.29, 0.717) is 17.2 Å². The number of nitrogens with zero attached hydrogens (tertiary/aromatic N) is 1. The number of ether oxygens (including phenoxy) is 1. The molecular weight excluding hydrogens is 348 g/mol. The number of nitro benzene ring substituents is 1. The second kappa shape index (κ2) is 6.98. The van der Waals surface area contributed by atoms with Crippen LogP contribution in [0, 0.1) is 16.0 Å². The summed E-state index contributed by atoms with van der Waals surface area (Å²) in [5, 5.41) is 25.8. The van der Waals surface area contributed by atoms with Gasteiger partial charge in [-0.3, -0.25) is 14.9 Å². The minimum absolute atomic E-state index is 0.0712. The highest BCUT2D eigenvalue weighted by Gasteiger charge is 2.26. The smallest absolute Gasteiger partial charge is 0.269 e. The van der Waals surface area contributed by atoms with Crippen LogP contribution in [-0.2, 0) is 17.8 Å². The predicted molar refractivity (Wildman–Crippen MR) is 88.5 cm³/mol. The summed E-state index contributed by atoms with van der Waals surface area (Å²) in [7, 11) is 0. The molecule has 1 N–H and O–H groups in total. The molecule has 0 bridgehead atoms. The molecule has 0 radical (unpaired) electrons. The van der Waals surface area contributed by atoms with Crippen molar-refractivity contribution in [3.05, 3.63) is 62.7 Å². The zero-order chi connectivity index (χ0) is 18.0. The SMILES string of the molecule is O=C(NCc1cc([N+](=O)[O-])ccc1[O-])[C@@H]1COc2ccc(Cl)cc2C1. The van der Waals surface area contributed by atoms with Crippen LogP contribution in [0.1, 0.15) is 11.1 Å². The topological polar surface area (TPSA) is 105 Å². The molecule has 1 aliphatic rings. The van der Waals surface area contributed by atoms with Crippen LogP contribution in [0.2, 0.25) is 5.02 Å². The summed E-state index contributed by atoms with van der Waals surface area (Å²) in [6, 6.07) is 8.68. The maximum atomic E-state index is 12.3. The summed E-state index contributed by atoms with van der Waals surface area (Å²) < 4.78 is 5.57. The first-order valence-electron chi connectivity index (χ1n) is 7.57. The standard InChI is InChI=1S/C17H15ClN2O5/c18-13-1-4-16-10(6-13)5-12(9-25-16)17(22)19-8-11-7-14(20(23)24)2-3-15(11)21/h1-4,6-7,12,21H,5,8-9H2,(H,19,22)/p-1/t12-/m0/s1. The van der Waals surface area contributed by atoms with Crippen LogP contribution >= 0.6 is 11.6 Å². The summed E-state index contributed by atoms with van der Waals surface area (Å²) in [5.41, 5.74) is 0.829. The minimum atomic E-state index is -0.583.